The zero-order valence-electron chi connectivity index (χ0n) is 13.2. The molecule has 20 heavy (non-hydrogen) atoms. The molecule has 1 N–H and O–H groups in total. The number of nitrogens with zero attached hydrogens (tertiary/aromatic N) is 1. The highest BCUT2D eigenvalue weighted by Gasteiger charge is 2.46. The smallest absolute Gasteiger partial charge is 0.246 e. The molecule has 1 aliphatic heterocycles. The molecule has 1 saturated carbocycles. The van der Waals surface area contributed by atoms with E-state index in [2.05, 4.69) is 12.2 Å². The Morgan fingerprint density at radius 3 is 2.30 bits per heavy atom. The van der Waals surface area contributed by atoms with Crippen molar-refractivity contribution in [1.29, 1.82) is 0 Å². The molecule has 0 aromatic carbocycles. The Kier molecular flexibility index (Phi) is 4.71. The molecular weight excluding hydrogens is 252 g/mol. The first-order valence-corrected chi connectivity index (χ1v) is 8.09. The van der Waals surface area contributed by atoms with Crippen molar-refractivity contribution in [1.82, 2.24) is 10.2 Å². The highest BCUT2D eigenvalue weighted by atomic mass is 16.2. The standard InChI is InChI=1S/C16H28N2O2/c1-5-11(4)13-16(20)18(12-8-6-7-9-12)14(10(2)3)15(19)17-13/h10-14H,5-9H2,1-4H3,(H,17,19). The van der Waals surface area contributed by atoms with Gasteiger partial charge in [-0.15, -0.1) is 0 Å². The molecule has 3 atom stereocenters. The summed E-state index contributed by atoms with van der Waals surface area (Å²) < 4.78 is 0. The maximum absolute atomic E-state index is 12.9. The molecule has 4 heteroatoms. The van der Waals surface area contributed by atoms with Crippen molar-refractivity contribution in [3.05, 3.63) is 0 Å². The zero-order valence-corrected chi connectivity index (χ0v) is 13.2. The van der Waals surface area contributed by atoms with Gasteiger partial charge in [0.15, 0.2) is 0 Å². The molecule has 0 aromatic rings. The summed E-state index contributed by atoms with van der Waals surface area (Å²) in [6.07, 6.45) is 5.36. The molecule has 1 heterocycles. The minimum Gasteiger partial charge on any atom is -0.342 e. The number of rotatable bonds is 4. The van der Waals surface area contributed by atoms with Crippen LogP contribution in [0.15, 0.2) is 0 Å². The van der Waals surface area contributed by atoms with Crippen molar-refractivity contribution in [2.45, 2.75) is 77.9 Å². The maximum Gasteiger partial charge on any atom is 0.246 e. The van der Waals surface area contributed by atoms with Gasteiger partial charge in [0, 0.05) is 6.04 Å². The van der Waals surface area contributed by atoms with Gasteiger partial charge in [-0.05, 0) is 24.7 Å². The summed E-state index contributed by atoms with van der Waals surface area (Å²) in [5.74, 6) is 0.544. The third-order valence-corrected chi connectivity index (χ3v) is 4.95. The number of carbonyl (C=O) groups excluding carboxylic acids is 2. The third kappa shape index (κ3) is 2.70. The van der Waals surface area contributed by atoms with Gasteiger partial charge in [0.2, 0.25) is 11.8 Å². The first kappa shape index (κ1) is 15.3. The lowest BCUT2D eigenvalue weighted by Crippen LogP contribution is -2.68. The van der Waals surface area contributed by atoms with E-state index in [1.807, 2.05) is 25.7 Å². The summed E-state index contributed by atoms with van der Waals surface area (Å²) in [7, 11) is 0. The summed E-state index contributed by atoms with van der Waals surface area (Å²) in [4.78, 5) is 27.3. The van der Waals surface area contributed by atoms with Crippen molar-refractivity contribution in [2.24, 2.45) is 11.8 Å². The van der Waals surface area contributed by atoms with Gasteiger partial charge >= 0.3 is 0 Å². The van der Waals surface area contributed by atoms with E-state index in [0.29, 0.717) is 0 Å². The second-order valence-corrected chi connectivity index (χ2v) is 6.74. The van der Waals surface area contributed by atoms with Gasteiger partial charge in [0.1, 0.15) is 12.1 Å². The third-order valence-electron chi connectivity index (χ3n) is 4.95. The van der Waals surface area contributed by atoms with Crippen LogP contribution in [0, 0.1) is 11.8 Å². The van der Waals surface area contributed by atoms with Crippen LogP contribution in [0.2, 0.25) is 0 Å². The second-order valence-electron chi connectivity index (χ2n) is 6.74. The molecule has 3 unspecified atom stereocenters. The van der Waals surface area contributed by atoms with E-state index in [9.17, 15) is 9.59 Å². The monoisotopic (exact) mass is 280 g/mol. The summed E-state index contributed by atoms with van der Waals surface area (Å²) in [6.45, 7) is 8.18. The molecule has 1 saturated heterocycles. The van der Waals surface area contributed by atoms with E-state index in [-0.39, 0.29) is 41.8 Å². The average molecular weight is 280 g/mol. The van der Waals surface area contributed by atoms with Crippen LogP contribution in [0.1, 0.15) is 59.8 Å². The molecule has 2 rings (SSSR count). The first-order chi connectivity index (χ1) is 9.47. The Morgan fingerprint density at radius 1 is 1.20 bits per heavy atom. The van der Waals surface area contributed by atoms with Crippen molar-refractivity contribution >= 4 is 11.8 Å². The summed E-state index contributed by atoms with van der Waals surface area (Å²) >= 11 is 0. The van der Waals surface area contributed by atoms with Crippen LogP contribution in [0.3, 0.4) is 0 Å². The molecule has 4 nitrogen and oxygen atoms in total. The molecule has 2 fully saturated rings. The van der Waals surface area contributed by atoms with Gasteiger partial charge in [-0.2, -0.15) is 0 Å². The Balaban J connectivity index is 2.28. The predicted octanol–water partition coefficient (Wildman–Crippen LogP) is 2.33. The van der Waals surface area contributed by atoms with Crippen LogP contribution >= 0.6 is 0 Å². The molecule has 114 valence electrons. The highest BCUT2D eigenvalue weighted by Crippen LogP contribution is 2.31. The normalized spacial score (nSPS) is 29.9. The Bertz CT molecular complexity index is 375. The number of nitrogens with one attached hydrogen (secondary N) is 1. The average Bonchev–Trinajstić information content (AvgIpc) is 2.92. The summed E-state index contributed by atoms with van der Waals surface area (Å²) in [6, 6.07) is -0.346. The second kappa shape index (κ2) is 6.15. The molecule has 0 aromatic heterocycles. The van der Waals surface area contributed by atoms with Gasteiger partial charge < -0.3 is 10.2 Å². The summed E-state index contributed by atoms with van der Waals surface area (Å²) in [5.41, 5.74) is 0. The lowest BCUT2D eigenvalue weighted by Gasteiger charge is -2.45. The molecule has 1 aliphatic carbocycles. The number of amides is 2. The van der Waals surface area contributed by atoms with Crippen molar-refractivity contribution in [3.8, 4) is 0 Å². The Hall–Kier alpha value is -1.06. The van der Waals surface area contributed by atoms with Crippen LogP contribution in [0.25, 0.3) is 0 Å². The van der Waals surface area contributed by atoms with Gasteiger partial charge in [0.25, 0.3) is 0 Å². The Labute approximate surface area is 122 Å². The SMILES string of the molecule is CCC(C)C1NC(=O)C(C(C)C)N(C2CCCC2)C1=O. The Morgan fingerprint density at radius 2 is 1.80 bits per heavy atom. The fourth-order valence-electron chi connectivity index (χ4n) is 3.56. The van der Waals surface area contributed by atoms with Gasteiger partial charge in [0.05, 0.1) is 0 Å². The summed E-state index contributed by atoms with van der Waals surface area (Å²) in [5, 5.41) is 2.97. The minimum absolute atomic E-state index is 0.0387. The minimum atomic E-state index is -0.330. The molecule has 2 amide bonds. The van der Waals surface area contributed by atoms with Crippen LogP contribution in [-0.4, -0.2) is 34.8 Å². The van der Waals surface area contributed by atoms with E-state index in [1.165, 1.54) is 12.8 Å². The quantitative estimate of drug-likeness (QED) is 0.859. The topological polar surface area (TPSA) is 49.4 Å². The van der Waals surface area contributed by atoms with Crippen LogP contribution in [0.4, 0.5) is 0 Å². The van der Waals surface area contributed by atoms with E-state index in [0.717, 1.165) is 19.3 Å². The number of hydrogen-bond donors (Lipinski definition) is 1. The van der Waals surface area contributed by atoms with Crippen molar-refractivity contribution < 1.29 is 9.59 Å². The van der Waals surface area contributed by atoms with E-state index < -0.39 is 0 Å². The maximum atomic E-state index is 12.9. The van der Waals surface area contributed by atoms with Gasteiger partial charge in [-0.3, -0.25) is 9.59 Å². The van der Waals surface area contributed by atoms with Crippen LogP contribution in [-0.2, 0) is 9.59 Å². The van der Waals surface area contributed by atoms with E-state index in [4.69, 9.17) is 0 Å². The lowest BCUT2D eigenvalue weighted by molar-refractivity contribution is -0.155. The van der Waals surface area contributed by atoms with Crippen LogP contribution < -0.4 is 5.32 Å². The molecule has 0 radical (unpaired) electrons. The predicted molar refractivity (Wildman–Crippen MR) is 79.1 cm³/mol. The molecule has 2 aliphatic rings. The van der Waals surface area contributed by atoms with Crippen molar-refractivity contribution in [3.63, 3.8) is 0 Å². The molecular formula is C16H28N2O2. The van der Waals surface area contributed by atoms with E-state index >= 15 is 0 Å². The fraction of sp³-hybridized carbons (Fsp3) is 0.875. The molecule has 0 spiro atoms. The highest BCUT2D eigenvalue weighted by molar-refractivity contribution is 5.97. The van der Waals surface area contributed by atoms with E-state index in [1.54, 1.807) is 0 Å². The van der Waals surface area contributed by atoms with Gasteiger partial charge in [-0.1, -0.05) is 47.0 Å². The first-order valence-electron chi connectivity index (χ1n) is 8.09. The number of carbonyl (C=O) groups is 2. The van der Waals surface area contributed by atoms with Crippen LogP contribution in [0.5, 0.6) is 0 Å². The number of piperazine rings is 1. The fourth-order valence-corrected chi connectivity index (χ4v) is 3.56. The number of hydrogen-bond acceptors (Lipinski definition) is 2. The van der Waals surface area contributed by atoms with Gasteiger partial charge in [-0.25, -0.2) is 0 Å². The lowest BCUT2D eigenvalue weighted by atomic mass is 9.89. The largest absolute Gasteiger partial charge is 0.342 e. The van der Waals surface area contributed by atoms with Crippen molar-refractivity contribution in [2.75, 3.05) is 0 Å². The zero-order chi connectivity index (χ0) is 14.9. The molecule has 0 bridgehead atoms.